The highest BCUT2D eigenvalue weighted by Gasteiger charge is 2.41. The highest BCUT2D eigenvalue weighted by atomic mass is 35.5. The number of hydrogen-bond acceptors (Lipinski definition) is 6. The number of nitrogens with zero attached hydrogens (tertiary/aromatic N) is 4. The maximum absolute atomic E-state index is 14.4. The molecule has 11 nitrogen and oxygen atoms in total. The van der Waals surface area contributed by atoms with Crippen LogP contribution in [0.5, 0.6) is 5.75 Å². The number of halogens is 1. The van der Waals surface area contributed by atoms with Crippen LogP contribution in [0.15, 0.2) is 24.3 Å². The number of hydrogen-bond donors (Lipinski definition) is 2. The number of methoxy groups -OCH3 is 1. The van der Waals surface area contributed by atoms with Crippen LogP contribution in [0, 0.1) is 10.8 Å². The van der Waals surface area contributed by atoms with Crippen molar-refractivity contribution in [2.24, 2.45) is 10.8 Å². The monoisotopic (exact) mass is 606 g/mol. The zero-order chi connectivity index (χ0) is 30.9. The van der Waals surface area contributed by atoms with Crippen molar-refractivity contribution in [3.8, 4) is 11.4 Å². The van der Waals surface area contributed by atoms with Gasteiger partial charge in [0.25, 0.3) is 11.8 Å². The summed E-state index contributed by atoms with van der Waals surface area (Å²) in [6, 6.07) is 6.88. The molecule has 1 saturated heterocycles. The molecule has 1 aliphatic heterocycles. The summed E-state index contributed by atoms with van der Waals surface area (Å²) in [5, 5.41) is 20.1. The fourth-order valence-electron chi connectivity index (χ4n) is 4.89. The second-order valence-corrected chi connectivity index (χ2v) is 12.2. The molecule has 1 fully saturated rings. The van der Waals surface area contributed by atoms with Gasteiger partial charge in [-0.05, 0) is 83.0 Å². The van der Waals surface area contributed by atoms with Crippen molar-refractivity contribution in [1.29, 1.82) is 0 Å². The highest BCUT2D eigenvalue weighted by Crippen LogP contribution is 2.38. The van der Waals surface area contributed by atoms with E-state index in [4.69, 9.17) is 4.74 Å². The molecule has 2 N–H and O–H groups in total. The molecule has 0 saturated carbocycles. The summed E-state index contributed by atoms with van der Waals surface area (Å²) in [7, 11) is 6.68. The fourth-order valence-corrected chi connectivity index (χ4v) is 4.89. The Kier molecular flexibility index (Phi) is 10.9. The number of aliphatic carboxylic acids is 2. The standard InChI is InChI=1S/C30H42N4O7.ClH/c1-29(2,27(37)38)17-21-22(18-30(3,4)28(39)40)24(26(36)33-15-13-32(7)14-16-33)34(23(21)25(35)31(5)6)19-9-11-20(41-8)12-10-19;/h9-12H,13-18H2,1-8H3,(H,37,38)(H,39,40);1H. The van der Waals surface area contributed by atoms with Gasteiger partial charge in [-0.25, -0.2) is 0 Å². The second-order valence-electron chi connectivity index (χ2n) is 12.2. The van der Waals surface area contributed by atoms with E-state index >= 15 is 0 Å². The van der Waals surface area contributed by atoms with Gasteiger partial charge in [-0.2, -0.15) is 0 Å². The van der Waals surface area contributed by atoms with Gasteiger partial charge in [-0.1, -0.05) is 0 Å². The van der Waals surface area contributed by atoms with Gasteiger partial charge < -0.3 is 34.2 Å². The number of likely N-dealkylation sites (N-methyl/N-ethyl adjacent to an activating group) is 1. The van der Waals surface area contributed by atoms with E-state index in [1.807, 2.05) is 7.05 Å². The minimum absolute atomic E-state index is 0. The van der Waals surface area contributed by atoms with Crippen LogP contribution in [0.2, 0.25) is 0 Å². The number of rotatable bonds is 10. The Labute approximate surface area is 253 Å². The molecule has 2 heterocycles. The van der Waals surface area contributed by atoms with Gasteiger partial charge in [0.2, 0.25) is 0 Å². The zero-order valence-electron chi connectivity index (χ0n) is 25.7. The minimum Gasteiger partial charge on any atom is -0.497 e. The summed E-state index contributed by atoms with van der Waals surface area (Å²) < 4.78 is 6.91. The van der Waals surface area contributed by atoms with Crippen LogP contribution in [0.25, 0.3) is 5.69 Å². The maximum Gasteiger partial charge on any atom is 0.309 e. The van der Waals surface area contributed by atoms with E-state index in [9.17, 15) is 29.4 Å². The molecular formula is C30H43ClN4O7. The summed E-state index contributed by atoms with van der Waals surface area (Å²) in [6.07, 6.45) is -0.173. The van der Waals surface area contributed by atoms with Crippen molar-refractivity contribution >= 4 is 36.2 Å². The van der Waals surface area contributed by atoms with Crippen LogP contribution in [0.1, 0.15) is 59.8 Å². The Morgan fingerprint density at radius 1 is 0.833 bits per heavy atom. The summed E-state index contributed by atoms with van der Waals surface area (Å²) in [6.45, 7) is 8.46. The molecule has 42 heavy (non-hydrogen) atoms. The van der Waals surface area contributed by atoms with Crippen molar-refractivity contribution in [1.82, 2.24) is 19.3 Å². The third-order valence-corrected chi connectivity index (χ3v) is 7.71. The first-order chi connectivity index (χ1) is 19.0. The molecule has 2 aromatic rings. The Bertz CT molecular complexity index is 1320. The topological polar surface area (TPSA) is 133 Å². The minimum atomic E-state index is -1.32. The highest BCUT2D eigenvalue weighted by molar-refractivity contribution is 6.02. The van der Waals surface area contributed by atoms with Crippen LogP contribution in [-0.2, 0) is 22.4 Å². The number of aromatic nitrogens is 1. The Morgan fingerprint density at radius 2 is 1.29 bits per heavy atom. The number of ether oxygens (including phenoxy) is 1. The van der Waals surface area contributed by atoms with Gasteiger partial charge in [0, 0.05) is 46.0 Å². The molecule has 0 unspecified atom stereocenters. The average molecular weight is 607 g/mol. The maximum atomic E-state index is 14.4. The predicted octanol–water partition coefficient (Wildman–Crippen LogP) is 3.30. The van der Waals surface area contributed by atoms with Gasteiger partial charge >= 0.3 is 11.9 Å². The van der Waals surface area contributed by atoms with Crippen LogP contribution < -0.4 is 4.74 Å². The van der Waals surface area contributed by atoms with Gasteiger partial charge in [0.05, 0.1) is 17.9 Å². The van der Waals surface area contributed by atoms with Crippen molar-refractivity contribution < 1.29 is 34.1 Å². The molecule has 1 aromatic carbocycles. The Hall–Kier alpha value is -3.57. The van der Waals surface area contributed by atoms with E-state index in [-0.39, 0.29) is 42.5 Å². The van der Waals surface area contributed by atoms with E-state index in [0.29, 0.717) is 48.7 Å². The van der Waals surface area contributed by atoms with Crippen LogP contribution >= 0.6 is 12.4 Å². The molecule has 0 bridgehead atoms. The van der Waals surface area contributed by atoms with Crippen LogP contribution in [0.3, 0.4) is 0 Å². The van der Waals surface area contributed by atoms with Gasteiger partial charge in [-0.3, -0.25) is 19.2 Å². The molecule has 232 valence electrons. The largest absolute Gasteiger partial charge is 0.497 e. The molecule has 1 aliphatic rings. The van der Waals surface area contributed by atoms with Crippen molar-refractivity contribution in [3.63, 3.8) is 0 Å². The number of carboxylic acid groups (broad SMARTS) is 2. The van der Waals surface area contributed by atoms with Crippen molar-refractivity contribution in [2.45, 2.75) is 40.5 Å². The molecule has 3 rings (SSSR count). The SMILES string of the molecule is COc1ccc(-n2c(C(=O)N(C)C)c(CC(C)(C)C(=O)O)c(CC(C)(C)C(=O)O)c2C(=O)N2CCN(C)CC2)cc1.Cl. The lowest BCUT2D eigenvalue weighted by atomic mass is 9.79. The summed E-state index contributed by atoms with van der Waals surface area (Å²) in [4.78, 5) is 58.2. The first-order valence-corrected chi connectivity index (χ1v) is 13.6. The first-order valence-electron chi connectivity index (χ1n) is 13.6. The summed E-state index contributed by atoms with van der Waals surface area (Å²) in [5.41, 5.74) is -1.08. The molecule has 0 atom stereocenters. The number of benzene rings is 1. The van der Waals surface area contributed by atoms with Crippen LogP contribution in [-0.4, -0.2) is 108 Å². The normalized spacial score (nSPS) is 14.2. The first kappa shape index (κ1) is 34.6. The summed E-state index contributed by atoms with van der Waals surface area (Å²) >= 11 is 0. The van der Waals surface area contributed by atoms with Crippen molar-refractivity contribution in [3.05, 3.63) is 46.8 Å². The molecule has 0 radical (unpaired) electrons. The van der Waals surface area contributed by atoms with E-state index in [1.54, 1.807) is 75.5 Å². The summed E-state index contributed by atoms with van der Waals surface area (Å²) in [5.74, 6) is -2.33. The number of amides is 2. The van der Waals surface area contributed by atoms with Gasteiger partial charge in [0.15, 0.2) is 0 Å². The predicted molar refractivity (Wildman–Crippen MR) is 161 cm³/mol. The van der Waals surface area contributed by atoms with E-state index < -0.39 is 28.7 Å². The van der Waals surface area contributed by atoms with E-state index in [0.717, 1.165) is 0 Å². The third kappa shape index (κ3) is 7.07. The second kappa shape index (κ2) is 13.2. The molecule has 1 aromatic heterocycles. The lowest BCUT2D eigenvalue weighted by Crippen LogP contribution is -2.47. The van der Waals surface area contributed by atoms with Gasteiger partial charge in [0.1, 0.15) is 17.1 Å². The number of carboxylic acids is 2. The smallest absolute Gasteiger partial charge is 0.309 e. The third-order valence-electron chi connectivity index (χ3n) is 7.71. The molecule has 0 spiro atoms. The van der Waals surface area contributed by atoms with Crippen LogP contribution in [0.4, 0.5) is 0 Å². The zero-order valence-corrected chi connectivity index (χ0v) is 26.5. The van der Waals surface area contributed by atoms with E-state index in [1.165, 1.54) is 12.0 Å². The molecule has 12 heteroatoms. The quantitative estimate of drug-likeness (QED) is 0.421. The fraction of sp³-hybridized carbons (Fsp3) is 0.533. The lowest BCUT2D eigenvalue weighted by molar-refractivity contribution is -0.147. The van der Waals surface area contributed by atoms with E-state index in [2.05, 4.69) is 4.90 Å². The molecule has 2 amide bonds. The molecular weight excluding hydrogens is 564 g/mol. The van der Waals surface area contributed by atoms with Gasteiger partial charge in [-0.15, -0.1) is 12.4 Å². The number of piperazine rings is 1. The molecule has 0 aliphatic carbocycles. The Morgan fingerprint density at radius 3 is 1.69 bits per heavy atom. The number of carbonyl (C=O) groups excluding carboxylic acids is 2. The van der Waals surface area contributed by atoms with Crippen molar-refractivity contribution in [2.75, 3.05) is 54.4 Å². The lowest BCUT2D eigenvalue weighted by Gasteiger charge is -2.33. The Balaban J connectivity index is 0.00000616. The number of carbonyl (C=O) groups is 4. The average Bonchev–Trinajstić information content (AvgIpc) is 3.20.